The van der Waals surface area contributed by atoms with E-state index in [1.54, 1.807) is 25.3 Å². The number of nitrogen functional groups attached to an aromatic ring is 1. The van der Waals surface area contributed by atoms with Crippen molar-refractivity contribution in [1.82, 2.24) is 4.98 Å². The van der Waals surface area contributed by atoms with Crippen LogP contribution in [0.3, 0.4) is 0 Å². The molecule has 84 valence electrons. The van der Waals surface area contributed by atoms with Crippen molar-refractivity contribution < 1.29 is 4.74 Å². The Kier molecular flexibility index (Phi) is 2.93. The Morgan fingerprint density at radius 3 is 2.59 bits per heavy atom. The minimum atomic E-state index is 0.494. The van der Waals surface area contributed by atoms with Crippen molar-refractivity contribution in [2.24, 2.45) is 0 Å². The van der Waals surface area contributed by atoms with Crippen molar-refractivity contribution in [3.05, 3.63) is 42.1 Å². The molecule has 0 spiro atoms. The molecule has 1 heterocycles. The van der Waals surface area contributed by atoms with Crippen molar-refractivity contribution >= 4 is 5.69 Å². The van der Waals surface area contributed by atoms with Crippen LogP contribution in [-0.4, -0.2) is 12.1 Å². The minimum absolute atomic E-state index is 0.494. The van der Waals surface area contributed by atoms with Crippen LogP contribution in [0, 0.1) is 11.3 Å². The molecule has 0 saturated carbocycles. The molecule has 0 atom stereocenters. The number of pyridine rings is 1. The zero-order chi connectivity index (χ0) is 12.3. The van der Waals surface area contributed by atoms with E-state index in [9.17, 15) is 0 Å². The van der Waals surface area contributed by atoms with Crippen molar-refractivity contribution in [1.29, 1.82) is 5.26 Å². The maximum atomic E-state index is 8.87. The van der Waals surface area contributed by atoms with Crippen LogP contribution >= 0.6 is 0 Å². The number of hydrogen-bond acceptors (Lipinski definition) is 4. The molecule has 17 heavy (non-hydrogen) atoms. The Morgan fingerprint density at radius 2 is 2.00 bits per heavy atom. The van der Waals surface area contributed by atoms with Gasteiger partial charge in [-0.2, -0.15) is 5.26 Å². The fourth-order valence-electron chi connectivity index (χ4n) is 1.55. The van der Waals surface area contributed by atoms with Gasteiger partial charge in [0.05, 0.1) is 12.7 Å². The molecular weight excluding hydrogens is 214 g/mol. The predicted molar refractivity (Wildman–Crippen MR) is 65.4 cm³/mol. The highest BCUT2D eigenvalue weighted by atomic mass is 16.5. The van der Waals surface area contributed by atoms with Crippen LogP contribution < -0.4 is 10.5 Å². The number of aromatic nitrogens is 1. The number of benzene rings is 1. The zero-order valence-corrected chi connectivity index (χ0v) is 9.34. The molecule has 4 nitrogen and oxygen atoms in total. The number of rotatable bonds is 2. The highest BCUT2D eigenvalue weighted by Crippen LogP contribution is 2.29. The summed E-state index contributed by atoms with van der Waals surface area (Å²) in [6, 6.07) is 11.1. The van der Waals surface area contributed by atoms with E-state index in [0.717, 1.165) is 11.1 Å². The quantitative estimate of drug-likeness (QED) is 0.795. The first-order valence-electron chi connectivity index (χ1n) is 5.04. The molecule has 0 fully saturated rings. The van der Waals surface area contributed by atoms with Crippen LogP contribution in [0.2, 0.25) is 0 Å². The fourth-order valence-corrected chi connectivity index (χ4v) is 1.55. The summed E-state index contributed by atoms with van der Waals surface area (Å²) in [5, 5.41) is 8.87. The maximum Gasteiger partial charge on any atom is 0.221 e. The third-order valence-corrected chi connectivity index (χ3v) is 2.40. The van der Waals surface area contributed by atoms with Crippen molar-refractivity contribution in [3.8, 4) is 23.1 Å². The highest BCUT2D eigenvalue weighted by molar-refractivity contribution is 5.71. The van der Waals surface area contributed by atoms with E-state index in [4.69, 9.17) is 15.7 Å². The van der Waals surface area contributed by atoms with Gasteiger partial charge in [-0.15, -0.1) is 0 Å². The number of hydrogen-bond donors (Lipinski definition) is 1. The van der Waals surface area contributed by atoms with Gasteiger partial charge in [0.25, 0.3) is 0 Å². The third-order valence-electron chi connectivity index (χ3n) is 2.40. The zero-order valence-electron chi connectivity index (χ0n) is 9.34. The summed E-state index contributed by atoms with van der Waals surface area (Å²) in [6.45, 7) is 0. The number of anilines is 1. The fraction of sp³-hybridized carbons (Fsp3) is 0.0769. The molecule has 1 aromatic heterocycles. The Hall–Kier alpha value is -2.54. The molecule has 4 heteroatoms. The predicted octanol–water partition coefficient (Wildman–Crippen LogP) is 2.21. The van der Waals surface area contributed by atoms with Gasteiger partial charge in [-0.1, -0.05) is 12.1 Å². The summed E-state index contributed by atoms with van der Waals surface area (Å²) < 4.78 is 5.18. The minimum Gasteiger partial charge on any atom is -0.481 e. The summed E-state index contributed by atoms with van der Waals surface area (Å²) in [6.07, 6.45) is 1.49. The maximum absolute atomic E-state index is 8.87. The number of nitrogens with two attached hydrogens (primary N) is 1. The molecule has 0 amide bonds. The molecule has 0 bridgehead atoms. The van der Waals surface area contributed by atoms with E-state index < -0.39 is 0 Å². The highest BCUT2D eigenvalue weighted by Gasteiger charge is 2.08. The average molecular weight is 225 g/mol. The summed E-state index contributed by atoms with van der Waals surface area (Å²) in [7, 11) is 1.55. The first-order valence-corrected chi connectivity index (χ1v) is 5.04. The Labute approximate surface area is 99.3 Å². The second-order valence-electron chi connectivity index (χ2n) is 3.51. The number of nitriles is 1. The Bertz CT molecular complexity index is 570. The molecule has 0 aliphatic rings. The molecule has 0 saturated heterocycles. The second kappa shape index (κ2) is 4.54. The lowest BCUT2D eigenvalue weighted by molar-refractivity contribution is 0.399. The van der Waals surface area contributed by atoms with E-state index >= 15 is 0 Å². The van der Waals surface area contributed by atoms with E-state index in [1.165, 1.54) is 6.20 Å². The molecule has 2 rings (SSSR count). The normalized spacial score (nSPS) is 9.65. The van der Waals surface area contributed by atoms with Crippen molar-refractivity contribution in [3.63, 3.8) is 0 Å². The molecule has 1 aromatic carbocycles. The van der Waals surface area contributed by atoms with Gasteiger partial charge in [0.15, 0.2) is 0 Å². The van der Waals surface area contributed by atoms with Crippen LogP contribution in [0.5, 0.6) is 5.88 Å². The molecular formula is C13H11N3O. The van der Waals surface area contributed by atoms with Gasteiger partial charge in [0, 0.05) is 17.4 Å². The van der Waals surface area contributed by atoms with Gasteiger partial charge in [-0.05, 0) is 23.8 Å². The summed E-state index contributed by atoms with van der Waals surface area (Å²) in [4.78, 5) is 4.09. The first-order chi connectivity index (χ1) is 8.24. The lowest BCUT2D eigenvalue weighted by Gasteiger charge is -2.07. The standard InChI is InChI=1S/C13H11N3O/c1-17-13-12(6-9(7-14)8-16-13)10-2-4-11(15)5-3-10/h2-6,8H,15H2,1H3. The number of methoxy groups -OCH3 is 1. The van der Waals surface area contributed by atoms with Crippen LogP contribution in [0.1, 0.15) is 5.56 Å². The van der Waals surface area contributed by atoms with E-state index in [-0.39, 0.29) is 0 Å². The van der Waals surface area contributed by atoms with Crippen LogP contribution in [0.15, 0.2) is 36.5 Å². The van der Waals surface area contributed by atoms with E-state index in [1.807, 2.05) is 12.1 Å². The van der Waals surface area contributed by atoms with Gasteiger partial charge in [-0.25, -0.2) is 4.98 Å². The van der Waals surface area contributed by atoms with Crippen LogP contribution in [0.4, 0.5) is 5.69 Å². The summed E-state index contributed by atoms with van der Waals surface area (Å²) >= 11 is 0. The van der Waals surface area contributed by atoms with Crippen LogP contribution in [-0.2, 0) is 0 Å². The second-order valence-corrected chi connectivity index (χ2v) is 3.51. The van der Waals surface area contributed by atoms with Gasteiger partial charge >= 0.3 is 0 Å². The average Bonchev–Trinajstić information content (AvgIpc) is 2.39. The van der Waals surface area contributed by atoms with Gasteiger partial charge in [0.1, 0.15) is 6.07 Å². The van der Waals surface area contributed by atoms with E-state index in [0.29, 0.717) is 17.1 Å². The lowest BCUT2D eigenvalue weighted by atomic mass is 10.1. The smallest absolute Gasteiger partial charge is 0.221 e. The number of ether oxygens (including phenoxy) is 1. The molecule has 0 aliphatic heterocycles. The van der Waals surface area contributed by atoms with Crippen molar-refractivity contribution in [2.75, 3.05) is 12.8 Å². The van der Waals surface area contributed by atoms with Gasteiger partial charge < -0.3 is 10.5 Å². The molecule has 0 radical (unpaired) electrons. The Balaban J connectivity index is 2.56. The van der Waals surface area contributed by atoms with Crippen molar-refractivity contribution in [2.45, 2.75) is 0 Å². The van der Waals surface area contributed by atoms with E-state index in [2.05, 4.69) is 11.1 Å². The van der Waals surface area contributed by atoms with Gasteiger partial charge in [-0.3, -0.25) is 0 Å². The largest absolute Gasteiger partial charge is 0.481 e. The SMILES string of the molecule is COc1ncc(C#N)cc1-c1ccc(N)cc1. The third kappa shape index (κ3) is 2.18. The molecule has 2 aromatic rings. The first kappa shape index (κ1) is 11.0. The Morgan fingerprint density at radius 1 is 1.29 bits per heavy atom. The van der Waals surface area contributed by atoms with Crippen LogP contribution in [0.25, 0.3) is 11.1 Å². The molecule has 0 aliphatic carbocycles. The topological polar surface area (TPSA) is 71.9 Å². The summed E-state index contributed by atoms with van der Waals surface area (Å²) in [5.41, 5.74) is 8.52. The summed E-state index contributed by atoms with van der Waals surface area (Å²) in [5.74, 6) is 0.494. The van der Waals surface area contributed by atoms with Gasteiger partial charge in [0.2, 0.25) is 5.88 Å². The monoisotopic (exact) mass is 225 g/mol. The molecule has 2 N–H and O–H groups in total. The number of nitrogens with zero attached hydrogens (tertiary/aromatic N) is 2. The lowest BCUT2D eigenvalue weighted by Crippen LogP contribution is -1.93. The molecule has 0 unspecified atom stereocenters.